The standard InChI is InChI=1S/C23H28N4O3/c28-14-13-27-20-8-4-2-6-17(20)23(22(27)30)11-12-26(15-23)21(29)10-9-19-16-5-1-3-7-18(16)24-25-19/h2,4,6,8,28H,1,3,5,7,9-15H2,(H,24,25). The molecule has 1 spiro atoms. The van der Waals surface area contributed by atoms with Crippen LogP contribution in [-0.2, 0) is 34.3 Å². The summed E-state index contributed by atoms with van der Waals surface area (Å²) in [6.07, 6.45) is 6.19. The molecule has 2 aromatic rings. The number of hydrogen-bond acceptors (Lipinski definition) is 4. The van der Waals surface area contributed by atoms with Gasteiger partial charge in [0.2, 0.25) is 11.8 Å². The highest BCUT2D eigenvalue weighted by atomic mass is 16.3. The Morgan fingerprint density at radius 2 is 2.07 bits per heavy atom. The van der Waals surface area contributed by atoms with Gasteiger partial charge in [0.1, 0.15) is 0 Å². The van der Waals surface area contributed by atoms with E-state index in [9.17, 15) is 14.7 Å². The molecule has 3 heterocycles. The Morgan fingerprint density at radius 3 is 2.93 bits per heavy atom. The second kappa shape index (κ2) is 7.54. The molecule has 1 aliphatic carbocycles. The molecule has 7 nitrogen and oxygen atoms in total. The van der Waals surface area contributed by atoms with Crippen LogP contribution in [0, 0.1) is 0 Å². The molecule has 0 saturated carbocycles. The monoisotopic (exact) mass is 408 g/mol. The SMILES string of the molecule is O=C(CCc1n[nH]c2c1CCCC2)N1CCC2(C1)C(=O)N(CCO)c1ccccc12. The quantitative estimate of drug-likeness (QED) is 0.789. The number of likely N-dealkylation sites (tertiary alicyclic amines) is 1. The number of fused-ring (bicyclic) bond motifs is 3. The van der Waals surface area contributed by atoms with Crippen LogP contribution in [0.3, 0.4) is 0 Å². The fourth-order valence-electron chi connectivity index (χ4n) is 5.48. The summed E-state index contributed by atoms with van der Waals surface area (Å²) in [5.74, 6) is 0.0970. The summed E-state index contributed by atoms with van der Waals surface area (Å²) in [4.78, 5) is 29.8. The summed E-state index contributed by atoms with van der Waals surface area (Å²) in [6.45, 7) is 1.22. The first-order chi connectivity index (χ1) is 14.6. The molecular weight excluding hydrogens is 380 g/mol. The number of carbonyl (C=O) groups excluding carboxylic acids is 2. The van der Waals surface area contributed by atoms with Crippen LogP contribution >= 0.6 is 0 Å². The molecule has 1 aromatic carbocycles. The zero-order chi connectivity index (χ0) is 20.7. The van der Waals surface area contributed by atoms with E-state index >= 15 is 0 Å². The number of benzene rings is 1. The molecule has 1 saturated heterocycles. The number of para-hydroxylation sites is 1. The minimum Gasteiger partial charge on any atom is -0.395 e. The average Bonchev–Trinajstić information content (AvgIpc) is 3.46. The maximum atomic E-state index is 13.3. The summed E-state index contributed by atoms with van der Waals surface area (Å²) in [6, 6.07) is 7.79. The third kappa shape index (κ3) is 2.95. The van der Waals surface area contributed by atoms with Crippen molar-refractivity contribution in [1.29, 1.82) is 0 Å². The lowest BCUT2D eigenvalue weighted by molar-refractivity contribution is -0.130. The Morgan fingerprint density at radius 1 is 1.23 bits per heavy atom. The van der Waals surface area contributed by atoms with E-state index in [1.807, 2.05) is 29.2 Å². The molecule has 2 N–H and O–H groups in total. The number of aromatic amines is 1. The number of aromatic nitrogens is 2. The number of rotatable bonds is 5. The molecule has 30 heavy (non-hydrogen) atoms. The Kier molecular flexibility index (Phi) is 4.85. The maximum Gasteiger partial charge on any atom is 0.239 e. The smallest absolute Gasteiger partial charge is 0.239 e. The number of aliphatic hydroxyl groups is 1. The van der Waals surface area contributed by atoms with Crippen molar-refractivity contribution >= 4 is 17.5 Å². The van der Waals surface area contributed by atoms with Crippen LogP contribution in [0.5, 0.6) is 0 Å². The predicted molar refractivity (Wildman–Crippen MR) is 112 cm³/mol. The van der Waals surface area contributed by atoms with Crippen molar-refractivity contribution < 1.29 is 14.7 Å². The van der Waals surface area contributed by atoms with E-state index in [0.717, 1.165) is 29.8 Å². The van der Waals surface area contributed by atoms with Gasteiger partial charge in [-0.25, -0.2) is 0 Å². The van der Waals surface area contributed by atoms with Gasteiger partial charge in [-0.2, -0.15) is 5.10 Å². The molecule has 3 aliphatic rings. The van der Waals surface area contributed by atoms with Gasteiger partial charge >= 0.3 is 0 Å². The lowest BCUT2D eigenvalue weighted by Gasteiger charge is -2.24. The number of H-pyrrole nitrogens is 1. The number of aryl methyl sites for hydroxylation is 2. The summed E-state index contributed by atoms with van der Waals surface area (Å²) in [7, 11) is 0. The lowest BCUT2D eigenvalue weighted by Crippen LogP contribution is -2.44. The highest BCUT2D eigenvalue weighted by Gasteiger charge is 2.54. The minimum absolute atomic E-state index is 0.00872. The molecule has 1 fully saturated rings. The van der Waals surface area contributed by atoms with E-state index in [-0.39, 0.29) is 25.0 Å². The van der Waals surface area contributed by atoms with Crippen LogP contribution in [0.15, 0.2) is 24.3 Å². The predicted octanol–water partition coefficient (Wildman–Crippen LogP) is 1.73. The third-order valence-corrected chi connectivity index (χ3v) is 7.03. The number of nitrogens with zero attached hydrogens (tertiary/aromatic N) is 3. The zero-order valence-electron chi connectivity index (χ0n) is 17.2. The molecule has 0 bridgehead atoms. The van der Waals surface area contributed by atoms with Crippen molar-refractivity contribution in [2.24, 2.45) is 0 Å². The van der Waals surface area contributed by atoms with E-state index < -0.39 is 5.41 Å². The Bertz CT molecular complexity index is 985. The molecule has 0 radical (unpaired) electrons. The first-order valence-electron chi connectivity index (χ1n) is 11.0. The van der Waals surface area contributed by atoms with E-state index in [1.165, 1.54) is 24.1 Å². The van der Waals surface area contributed by atoms with Crippen LogP contribution in [0.1, 0.15) is 48.2 Å². The maximum absolute atomic E-state index is 13.3. The van der Waals surface area contributed by atoms with Gasteiger partial charge < -0.3 is 14.9 Å². The highest BCUT2D eigenvalue weighted by Crippen LogP contribution is 2.47. The van der Waals surface area contributed by atoms with Gasteiger partial charge in [0.15, 0.2) is 0 Å². The first-order valence-corrected chi connectivity index (χ1v) is 11.0. The molecule has 1 aromatic heterocycles. The Hall–Kier alpha value is -2.67. The fraction of sp³-hybridized carbons (Fsp3) is 0.522. The average molecular weight is 409 g/mol. The van der Waals surface area contributed by atoms with E-state index in [0.29, 0.717) is 32.4 Å². The van der Waals surface area contributed by atoms with Crippen LogP contribution in [0.2, 0.25) is 0 Å². The topological polar surface area (TPSA) is 89.5 Å². The number of amides is 2. The van der Waals surface area contributed by atoms with Gasteiger partial charge in [-0.1, -0.05) is 18.2 Å². The molecule has 5 rings (SSSR count). The Balaban J connectivity index is 1.30. The first kappa shape index (κ1) is 19.3. The van der Waals surface area contributed by atoms with Crippen LogP contribution < -0.4 is 4.90 Å². The molecule has 7 heteroatoms. The summed E-state index contributed by atoms with van der Waals surface area (Å²) >= 11 is 0. The minimum atomic E-state index is -0.674. The summed E-state index contributed by atoms with van der Waals surface area (Å²) in [5.41, 5.74) is 4.76. The van der Waals surface area contributed by atoms with Crippen molar-refractivity contribution in [3.63, 3.8) is 0 Å². The molecule has 1 unspecified atom stereocenters. The van der Waals surface area contributed by atoms with Crippen molar-refractivity contribution in [2.75, 3.05) is 31.1 Å². The summed E-state index contributed by atoms with van der Waals surface area (Å²) in [5, 5.41) is 17.0. The van der Waals surface area contributed by atoms with E-state index in [2.05, 4.69) is 10.2 Å². The van der Waals surface area contributed by atoms with Crippen LogP contribution in [0.25, 0.3) is 0 Å². The summed E-state index contributed by atoms with van der Waals surface area (Å²) < 4.78 is 0. The molecule has 2 aliphatic heterocycles. The number of nitrogens with one attached hydrogen (secondary N) is 1. The highest BCUT2D eigenvalue weighted by molar-refractivity contribution is 6.09. The number of β-amino-alcohol motifs (C(OH)–C–C–N with tert-alkyl or cyclic N) is 1. The Labute approximate surface area is 176 Å². The van der Waals surface area contributed by atoms with Gasteiger partial charge in [-0.15, -0.1) is 0 Å². The molecule has 2 amide bonds. The third-order valence-electron chi connectivity index (χ3n) is 7.03. The van der Waals surface area contributed by atoms with Crippen LogP contribution in [0.4, 0.5) is 5.69 Å². The fourth-order valence-corrected chi connectivity index (χ4v) is 5.48. The number of aliphatic hydroxyl groups excluding tert-OH is 1. The number of anilines is 1. The normalized spacial score (nSPS) is 22.6. The van der Waals surface area contributed by atoms with Gasteiger partial charge in [0, 0.05) is 43.9 Å². The van der Waals surface area contributed by atoms with Crippen molar-refractivity contribution in [3.8, 4) is 0 Å². The van der Waals surface area contributed by atoms with Gasteiger partial charge in [-0.3, -0.25) is 14.7 Å². The van der Waals surface area contributed by atoms with Gasteiger partial charge in [0.05, 0.1) is 17.7 Å². The van der Waals surface area contributed by atoms with Crippen molar-refractivity contribution in [2.45, 2.75) is 50.4 Å². The van der Waals surface area contributed by atoms with Crippen molar-refractivity contribution in [3.05, 3.63) is 46.8 Å². The van der Waals surface area contributed by atoms with E-state index in [4.69, 9.17) is 0 Å². The lowest BCUT2D eigenvalue weighted by atomic mass is 9.81. The molecule has 158 valence electrons. The van der Waals surface area contributed by atoms with Crippen molar-refractivity contribution in [1.82, 2.24) is 15.1 Å². The second-order valence-electron chi connectivity index (χ2n) is 8.68. The van der Waals surface area contributed by atoms with Crippen LogP contribution in [-0.4, -0.2) is 58.3 Å². The second-order valence-corrected chi connectivity index (χ2v) is 8.68. The zero-order valence-corrected chi connectivity index (χ0v) is 17.2. The van der Waals surface area contributed by atoms with E-state index in [1.54, 1.807) is 4.90 Å². The van der Waals surface area contributed by atoms with Gasteiger partial charge in [-0.05, 0) is 49.3 Å². The number of carbonyl (C=O) groups is 2. The van der Waals surface area contributed by atoms with Gasteiger partial charge in [0.25, 0.3) is 0 Å². The largest absolute Gasteiger partial charge is 0.395 e. The molecular formula is C23H28N4O3. The number of hydrogen-bond donors (Lipinski definition) is 2. The molecule has 1 atom stereocenters.